The maximum atomic E-state index is 4.54. The Labute approximate surface area is 256 Å². The Hall–Kier alpha value is -2.73. The predicted molar refractivity (Wildman–Crippen MR) is 153 cm³/mol. The van der Waals surface area contributed by atoms with Crippen LogP contribution in [0, 0.1) is 24.7 Å². The van der Waals surface area contributed by atoms with Gasteiger partial charge in [0.05, 0.1) is 11.4 Å². The van der Waals surface area contributed by atoms with Gasteiger partial charge in [0.15, 0.2) is 0 Å². The second-order valence-electron chi connectivity index (χ2n) is 14.0. The smallest absolute Gasteiger partial charge is 0.573 e. The van der Waals surface area contributed by atoms with Crippen molar-refractivity contribution in [3.8, 4) is 22.8 Å². The van der Waals surface area contributed by atoms with Crippen molar-refractivity contribution >= 4 is 0 Å². The van der Waals surface area contributed by atoms with Crippen molar-refractivity contribution in [1.29, 1.82) is 0 Å². The molecule has 4 aromatic rings. The molecule has 4 aliphatic rings. The van der Waals surface area contributed by atoms with Crippen molar-refractivity contribution in [2.75, 3.05) is 0 Å². The summed E-state index contributed by atoms with van der Waals surface area (Å²) in [5.41, 5.74) is 11.7. The van der Waals surface area contributed by atoms with Crippen molar-refractivity contribution in [3.05, 3.63) is 58.7 Å². The van der Waals surface area contributed by atoms with E-state index in [1.807, 2.05) is 26.0 Å². The zero-order chi connectivity index (χ0) is 28.2. The van der Waals surface area contributed by atoms with Gasteiger partial charge in [0.2, 0.25) is 0 Å². The molecule has 4 heterocycles. The van der Waals surface area contributed by atoms with Gasteiger partial charge in [-0.25, -0.2) is 19.9 Å². The quantitative estimate of drug-likeness (QED) is 0.249. The van der Waals surface area contributed by atoms with Gasteiger partial charge in [0.25, 0.3) is 0 Å². The monoisotopic (exact) mass is 729 g/mol. The van der Waals surface area contributed by atoms with E-state index in [0.29, 0.717) is 11.8 Å². The molecule has 4 aliphatic carbocycles. The normalized spacial score (nSPS) is 29.0. The topological polar surface area (TPSA) is 106 Å². The van der Waals surface area contributed by atoms with Crippen LogP contribution in [0.2, 0.25) is 0 Å². The van der Waals surface area contributed by atoms with Crippen LogP contribution in [0.25, 0.3) is 22.8 Å². The third kappa shape index (κ3) is 3.61. The molecule has 0 N–H and O–H groups in total. The second-order valence-corrected chi connectivity index (χ2v) is 14.0. The summed E-state index contributed by atoms with van der Waals surface area (Å²) in [6, 6.07) is 4.01. The Morgan fingerprint density at radius 1 is 0.634 bits per heavy atom. The third-order valence-electron chi connectivity index (χ3n) is 11.8. The number of hydrogen-bond donors (Lipinski definition) is 0. The fourth-order valence-corrected chi connectivity index (χ4v) is 8.52. The Bertz CT molecular complexity index is 1530. The molecule has 0 amide bonds. The van der Waals surface area contributed by atoms with Gasteiger partial charge in [-0.2, -0.15) is 0 Å². The predicted octanol–water partition coefficient (Wildman–Crippen LogP) is 5.96. The van der Waals surface area contributed by atoms with Crippen molar-refractivity contribution in [1.82, 2.24) is 40.3 Å². The molecule has 2 saturated carbocycles. The summed E-state index contributed by atoms with van der Waals surface area (Å²) in [6.07, 6.45) is 8.15. The molecule has 0 saturated heterocycles. The van der Waals surface area contributed by atoms with Gasteiger partial charge in [-0.05, 0) is 85.5 Å². The van der Waals surface area contributed by atoms with E-state index < -0.39 is 0 Å². The molecule has 0 aliphatic heterocycles. The van der Waals surface area contributed by atoms with Gasteiger partial charge in [0.1, 0.15) is 12.7 Å². The van der Waals surface area contributed by atoms with E-state index in [0.717, 1.165) is 34.2 Å². The molecular formula is C32H38N8Pt. The van der Waals surface area contributed by atoms with Crippen molar-refractivity contribution in [2.45, 2.75) is 104 Å². The standard InChI is InChI=1S/2C16H19N4.Pt/c2*1-9-7-11(18-8-17-9)13-12-10-5-6-16(4,15(10,2)3)14(12)20-19-13;/h2*7-8,10H,5-6H2,1-4H3;/q2*-1;+2. The van der Waals surface area contributed by atoms with Gasteiger partial charge in [-0.3, -0.25) is 0 Å². The van der Waals surface area contributed by atoms with E-state index >= 15 is 0 Å². The van der Waals surface area contributed by atoms with Gasteiger partial charge in [-0.15, -0.1) is 0 Å². The molecule has 0 spiro atoms. The van der Waals surface area contributed by atoms with Crippen LogP contribution < -0.4 is 10.2 Å². The van der Waals surface area contributed by atoms with Crippen molar-refractivity contribution in [3.63, 3.8) is 0 Å². The largest absolute Gasteiger partial charge is 2.00 e. The van der Waals surface area contributed by atoms with Crippen LogP contribution in [0.4, 0.5) is 0 Å². The molecular weight excluding hydrogens is 691 g/mol. The SMILES string of the molecule is Cc1cc(-c2[n-]nc3c2C2CCC3(C)C2(C)C)ncn1.Cc1cc(-c2[n-]nc3c2C2CCC3(C)C2(C)C)ncn1.[Pt+2]. The maximum Gasteiger partial charge on any atom is 2.00 e. The molecule has 216 valence electrons. The summed E-state index contributed by atoms with van der Waals surface area (Å²) in [6.45, 7) is 18.2. The number of nitrogens with zero attached hydrogens (tertiary/aromatic N) is 8. The van der Waals surface area contributed by atoms with Crippen LogP contribution in [-0.4, -0.2) is 30.1 Å². The third-order valence-corrected chi connectivity index (χ3v) is 11.8. The summed E-state index contributed by atoms with van der Waals surface area (Å²) >= 11 is 0. The Balaban J connectivity index is 0.000000144. The Kier molecular flexibility index (Phi) is 6.32. The number of fused-ring (bicyclic) bond motifs is 10. The van der Waals surface area contributed by atoms with E-state index in [9.17, 15) is 0 Å². The fourth-order valence-electron chi connectivity index (χ4n) is 8.52. The van der Waals surface area contributed by atoms with Gasteiger partial charge in [0, 0.05) is 33.6 Å². The summed E-state index contributed by atoms with van der Waals surface area (Å²) < 4.78 is 0. The molecule has 8 nitrogen and oxygen atoms in total. The average Bonchev–Trinajstić information content (AvgIpc) is 3.69. The summed E-state index contributed by atoms with van der Waals surface area (Å²) in [4.78, 5) is 17.1. The first-order valence-electron chi connectivity index (χ1n) is 14.6. The first kappa shape index (κ1) is 28.4. The van der Waals surface area contributed by atoms with E-state index in [1.54, 1.807) is 12.7 Å². The maximum absolute atomic E-state index is 4.54. The number of rotatable bonds is 2. The average molecular weight is 730 g/mol. The van der Waals surface area contributed by atoms with E-state index in [-0.39, 0.29) is 42.7 Å². The molecule has 4 aromatic heterocycles. The van der Waals surface area contributed by atoms with Gasteiger partial charge >= 0.3 is 21.1 Å². The molecule has 8 rings (SSSR count). The van der Waals surface area contributed by atoms with Gasteiger partial charge in [-0.1, -0.05) is 52.9 Å². The van der Waals surface area contributed by atoms with Crippen LogP contribution in [0.3, 0.4) is 0 Å². The molecule has 0 aromatic carbocycles. The van der Waals surface area contributed by atoms with E-state index in [2.05, 4.69) is 81.9 Å². The summed E-state index contributed by atoms with van der Waals surface area (Å²) in [5, 5.41) is 18.0. The molecule has 9 heteroatoms. The van der Waals surface area contributed by atoms with Crippen LogP contribution in [-0.2, 0) is 31.9 Å². The molecule has 4 atom stereocenters. The minimum absolute atomic E-state index is 0. The zero-order valence-corrected chi connectivity index (χ0v) is 27.5. The van der Waals surface area contributed by atoms with Crippen LogP contribution in [0.5, 0.6) is 0 Å². The Morgan fingerprint density at radius 2 is 1.02 bits per heavy atom. The minimum Gasteiger partial charge on any atom is -0.573 e. The molecule has 4 unspecified atom stereocenters. The number of aryl methyl sites for hydroxylation is 2. The minimum atomic E-state index is 0. The van der Waals surface area contributed by atoms with E-state index in [1.165, 1.54) is 48.2 Å². The molecule has 0 radical (unpaired) electrons. The van der Waals surface area contributed by atoms with Gasteiger partial charge < -0.3 is 20.4 Å². The van der Waals surface area contributed by atoms with E-state index in [4.69, 9.17) is 0 Å². The molecule has 2 fully saturated rings. The molecule has 4 bridgehead atoms. The second kappa shape index (κ2) is 9.13. The van der Waals surface area contributed by atoms with Crippen LogP contribution in [0.1, 0.15) is 113 Å². The Morgan fingerprint density at radius 3 is 1.39 bits per heavy atom. The number of aromatic nitrogens is 8. The molecule has 41 heavy (non-hydrogen) atoms. The first-order chi connectivity index (χ1) is 18.9. The summed E-state index contributed by atoms with van der Waals surface area (Å²) in [7, 11) is 0. The first-order valence-corrected chi connectivity index (χ1v) is 14.6. The van der Waals surface area contributed by atoms with Crippen molar-refractivity contribution < 1.29 is 21.1 Å². The van der Waals surface area contributed by atoms with Crippen LogP contribution in [0.15, 0.2) is 24.8 Å². The fraction of sp³-hybridized carbons (Fsp3) is 0.562. The zero-order valence-electron chi connectivity index (χ0n) is 25.2. The summed E-state index contributed by atoms with van der Waals surface area (Å²) in [5.74, 6) is 1.12. The van der Waals surface area contributed by atoms with Crippen LogP contribution >= 0.6 is 0 Å². The van der Waals surface area contributed by atoms with Crippen molar-refractivity contribution in [2.24, 2.45) is 10.8 Å². The number of hydrogen-bond acceptors (Lipinski definition) is 6.